The number of likely N-dealkylation sites (N-methyl/N-ethyl adjacent to an activating group) is 1. The lowest BCUT2D eigenvalue weighted by Gasteiger charge is -2.22. The summed E-state index contributed by atoms with van der Waals surface area (Å²) in [4.78, 5) is 11.0. The van der Waals surface area contributed by atoms with Gasteiger partial charge in [-0.25, -0.2) is 4.98 Å². The van der Waals surface area contributed by atoms with Gasteiger partial charge in [0.05, 0.1) is 5.52 Å². The summed E-state index contributed by atoms with van der Waals surface area (Å²) in [7, 11) is 2.20. The van der Waals surface area contributed by atoms with Gasteiger partial charge in [-0.1, -0.05) is 6.07 Å². The molecule has 3 rings (SSSR count). The molecule has 1 aromatic heterocycles. The normalized spacial score (nSPS) is 17.2. The number of aromatic nitrogens is 1. The molecular formula is C17H23N3S. The summed E-state index contributed by atoms with van der Waals surface area (Å²) in [5.74, 6) is 1.13. The molecule has 21 heavy (non-hydrogen) atoms. The fraction of sp³-hybridized carbons (Fsp3) is 0.471. The topological polar surface area (TPSA) is 19.4 Å². The number of hydrogen-bond acceptors (Lipinski definition) is 4. The van der Waals surface area contributed by atoms with E-state index in [2.05, 4.69) is 54.3 Å². The standard InChI is InChI=1S/C17H23N3S/c1-13-11-17(20-8-4-7-19(2)9-10-20)18-16-12-14(21-3)5-6-15(13)16/h5-6,11-12H,4,7-10H2,1-3H3. The molecule has 0 aliphatic carbocycles. The van der Waals surface area contributed by atoms with Gasteiger partial charge in [0.1, 0.15) is 5.82 Å². The van der Waals surface area contributed by atoms with Gasteiger partial charge in [0.25, 0.3) is 0 Å². The Kier molecular flexibility index (Phi) is 4.36. The highest BCUT2D eigenvalue weighted by Crippen LogP contribution is 2.26. The van der Waals surface area contributed by atoms with Crippen LogP contribution in [-0.4, -0.2) is 49.4 Å². The number of aryl methyl sites for hydroxylation is 1. The zero-order valence-electron chi connectivity index (χ0n) is 13.1. The Morgan fingerprint density at radius 3 is 2.76 bits per heavy atom. The molecule has 1 aromatic carbocycles. The number of hydrogen-bond donors (Lipinski definition) is 0. The molecule has 0 bridgehead atoms. The van der Waals surface area contributed by atoms with Crippen molar-refractivity contribution in [3.05, 3.63) is 29.8 Å². The van der Waals surface area contributed by atoms with Gasteiger partial charge in [0, 0.05) is 29.9 Å². The third kappa shape index (κ3) is 3.16. The van der Waals surface area contributed by atoms with Crippen LogP contribution in [0.2, 0.25) is 0 Å². The highest BCUT2D eigenvalue weighted by Gasteiger charge is 2.15. The van der Waals surface area contributed by atoms with Crippen LogP contribution in [0.3, 0.4) is 0 Å². The van der Waals surface area contributed by atoms with Gasteiger partial charge in [-0.05, 0) is 57.0 Å². The Bertz CT molecular complexity index is 641. The van der Waals surface area contributed by atoms with Crippen LogP contribution in [0.4, 0.5) is 5.82 Å². The zero-order valence-corrected chi connectivity index (χ0v) is 13.9. The first-order valence-corrected chi connectivity index (χ1v) is 8.79. The molecule has 4 heteroatoms. The van der Waals surface area contributed by atoms with Gasteiger partial charge in [0.15, 0.2) is 0 Å². The van der Waals surface area contributed by atoms with Crippen LogP contribution in [0.1, 0.15) is 12.0 Å². The van der Waals surface area contributed by atoms with Crippen molar-refractivity contribution in [1.82, 2.24) is 9.88 Å². The maximum Gasteiger partial charge on any atom is 0.129 e. The maximum atomic E-state index is 4.93. The van der Waals surface area contributed by atoms with Crippen LogP contribution in [0, 0.1) is 6.92 Å². The van der Waals surface area contributed by atoms with Gasteiger partial charge in [-0.15, -0.1) is 11.8 Å². The molecule has 3 nitrogen and oxygen atoms in total. The van der Waals surface area contributed by atoms with E-state index in [9.17, 15) is 0 Å². The lowest BCUT2D eigenvalue weighted by atomic mass is 10.1. The van der Waals surface area contributed by atoms with Crippen LogP contribution in [-0.2, 0) is 0 Å². The molecule has 112 valence electrons. The molecule has 0 amide bonds. The van der Waals surface area contributed by atoms with Crippen LogP contribution in [0.25, 0.3) is 10.9 Å². The van der Waals surface area contributed by atoms with Crippen LogP contribution >= 0.6 is 11.8 Å². The molecule has 1 fully saturated rings. The number of nitrogens with zero attached hydrogens (tertiary/aromatic N) is 3. The monoisotopic (exact) mass is 301 g/mol. The lowest BCUT2D eigenvalue weighted by molar-refractivity contribution is 0.360. The van der Waals surface area contributed by atoms with Gasteiger partial charge >= 0.3 is 0 Å². The number of benzene rings is 1. The second-order valence-corrected chi connectivity index (χ2v) is 6.70. The maximum absolute atomic E-state index is 4.93. The SMILES string of the molecule is CSc1ccc2c(C)cc(N3CCCN(C)CC3)nc2c1. The van der Waals surface area contributed by atoms with Crippen LogP contribution in [0.15, 0.2) is 29.2 Å². The average molecular weight is 301 g/mol. The molecule has 0 N–H and O–H groups in total. The third-order valence-electron chi connectivity index (χ3n) is 4.25. The second-order valence-electron chi connectivity index (χ2n) is 5.82. The molecule has 1 aliphatic heterocycles. The Morgan fingerprint density at radius 1 is 1.10 bits per heavy atom. The largest absolute Gasteiger partial charge is 0.355 e. The summed E-state index contributed by atoms with van der Waals surface area (Å²) < 4.78 is 0. The summed E-state index contributed by atoms with van der Waals surface area (Å²) in [6.07, 6.45) is 3.32. The Hall–Kier alpha value is -1.26. The van der Waals surface area contributed by atoms with Crippen molar-refractivity contribution < 1.29 is 0 Å². The van der Waals surface area contributed by atoms with E-state index < -0.39 is 0 Å². The number of thioether (sulfide) groups is 1. The first-order valence-electron chi connectivity index (χ1n) is 7.56. The van der Waals surface area contributed by atoms with E-state index in [1.165, 1.54) is 28.8 Å². The van der Waals surface area contributed by atoms with Gasteiger partial charge in [-0.2, -0.15) is 0 Å². The minimum absolute atomic E-state index is 1.07. The van der Waals surface area contributed by atoms with Crippen molar-refractivity contribution in [2.45, 2.75) is 18.2 Å². The van der Waals surface area contributed by atoms with Crippen molar-refractivity contribution in [2.24, 2.45) is 0 Å². The van der Waals surface area contributed by atoms with Crippen LogP contribution in [0.5, 0.6) is 0 Å². The Labute approximate surface area is 131 Å². The van der Waals surface area contributed by atoms with Crippen molar-refractivity contribution in [3.63, 3.8) is 0 Å². The van der Waals surface area contributed by atoms with Crippen molar-refractivity contribution in [3.8, 4) is 0 Å². The molecule has 2 heterocycles. The van der Waals surface area contributed by atoms with E-state index in [0.717, 1.165) is 31.0 Å². The zero-order chi connectivity index (χ0) is 14.8. The number of fused-ring (bicyclic) bond motifs is 1. The van der Waals surface area contributed by atoms with Crippen molar-refractivity contribution in [1.29, 1.82) is 0 Å². The van der Waals surface area contributed by atoms with Crippen molar-refractivity contribution >= 4 is 28.5 Å². The number of anilines is 1. The van der Waals surface area contributed by atoms with E-state index in [4.69, 9.17) is 4.98 Å². The fourth-order valence-electron chi connectivity index (χ4n) is 2.93. The molecule has 0 saturated carbocycles. The Balaban J connectivity index is 1.98. The second kappa shape index (κ2) is 6.24. The van der Waals surface area contributed by atoms with E-state index >= 15 is 0 Å². The van der Waals surface area contributed by atoms with E-state index in [0.29, 0.717) is 0 Å². The number of pyridine rings is 1. The summed E-state index contributed by atoms with van der Waals surface area (Å²) in [6, 6.07) is 8.83. The summed E-state index contributed by atoms with van der Waals surface area (Å²) >= 11 is 1.77. The number of rotatable bonds is 2. The molecular weight excluding hydrogens is 278 g/mol. The summed E-state index contributed by atoms with van der Waals surface area (Å²) in [6.45, 7) is 6.65. The summed E-state index contributed by atoms with van der Waals surface area (Å²) in [5, 5.41) is 1.27. The van der Waals surface area contributed by atoms with Gasteiger partial charge in [0.2, 0.25) is 0 Å². The minimum atomic E-state index is 1.07. The first-order chi connectivity index (χ1) is 10.2. The quantitative estimate of drug-likeness (QED) is 0.791. The fourth-order valence-corrected chi connectivity index (χ4v) is 3.36. The minimum Gasteiger partial charge on any atom is -0.355 e. The van der Waals surface area contributed by atoms with Crippen LogP contribution < -0.4 is 4.90 Å². The van der Waals surface area contributed by atoms with E-state index in [1.54, 1.807) is 11.8 Å². The highest BCUT2D eigenvalue weighted by atomic mass is 32.2. The highest BCUT2D eigenvalue weighted by molar-refractivity contribution is 7.98. The molecule has 1 aliphatic rings. The van der Waals surface area contributed by atoms with E-state index in [1.807, 2.05) is 0 Å². The lowest BCUT2D eigenvalue weighted by Crippen LogP contribution is -2.29. The smallest absolute Gasteiger partial charge is 0.129 e. The summed E-state index contributed by atoms with van der Waals surface area (Å²) in [5.41, 5.74) is 2.44. The van der Waals surface area contributed by atoms with E-state index in [-0.39, 0.29) is 0 Å². The van der Waals surface area contributed by atoms with Crippen molar-refractivity contribution in [2.75, 3.05) is 44.4 Å². The molecule has 0 radical (unpaired) electrons. The molecule has 0 atom stereocenters. The predicted octanol–water partition coefficient (Wildman–Crippen LogP) is 3.41. The average Bonchev–Trinajstić information content (AvgIpc) is 2.71. The molecule has 2 aromatic rings. The third-order valence-corrected chi connectivity index (χ3v) is 4.98. The molecule has 0 spiro atoms. The first kappa shape index (κ1) is 14.7. The molecule has 0 unspecified atom stereocenters. The molecule has 1 saturated heterocycles. The predicted molar refractivity (Wildman–Crippen MR) is 92.6 cm³/mol. The van der Waals surface area contributed by atoms with Gasteiger partial charge in [-0.3, -0.25) is 0 Å². The Morgan fingerprint density at radius 2 is 1.95 bits per heavy atom. The van der Waals surface area contributed by atoms with Gasteiger partial charge < -0.3 is 9.80 Å².